The summed E-state index contributed by atoms with van der Waals surface area (Å²) in [7, 11) is 0. The lowest BCUT2D eigenvalue weighted by Crippen LogP contribution is -3.28. The maximum atomic E-state index is 12.4. The monoisotopic (exact) mass is 430 g/mol. The van der Waals surface area contributed by atoms with Gasteiger partial charge in [-0.25, -0.2) is 0 Å². The van der Waals surface area contributed by atoms with Crippen molar-refractivity contribution in [1.29, 1.82) is 0 Å². The fraction of sp³-hybridized carbons (Fsp3) is 0.391. The molecule has 0 saturated carbocycles. The number of para-hydroxylation sites is 1. The molecule has 1 fully saturated rings. The average molecular weight is 431 g/mol. The zero-order valence-electron chi connectivity index (χ0n) is 17.5. The molecule has 30 heavy (non-hydrogen) atoms. The van der Waals surface area contributed by atoms with Crippen molar-refractivity contribution in [3.05, 3.63) is 64.7 Å². The van der Waals surface area contributed by atoms with E-state index < -0.39 is 0 Å². The molecule has 7 heteroatoms. The van der Waals surface area contributed by atoms with E-state index in [1.165, 1.54) is 9.80 Å². The first kappa shape index (κ1) is 22.3. The van der Waals surface area contributed by atoms with Gasteiger partial charge in [0.15, 0.2) is 13.1 Å². The number of nitrogens with one attached hydrogen (secondary N) is 4. The van der Waals surface area contributed by atoms with Gasteiger partial charge in [-0.05, 0) is 35.7 Å². The standard InChI is InChI=1S/C23H29ClN4O2/c1-2-19-7-3-4-9-21(19)26-23(30)17-28-12-10-27(11-13-28)16-22(29)25-15-18-6-5-8-20(24)14-18/h3-9,14H,2,10-13,15-17H2,1H3,(H,25,29)(H,26,30)/p+2. The summed E-state index contributed by atoms with van der Waals surface area (Å²) >= 11 is 5.98. The van der Waals surface area contributed by atoms with Crippen molar-refractivity contribution in [1.82, 2.24) is 5.32 Å². The topological polar surface area (TPSA) is 67.1 Å². The highest BCUT2D eigenvalue weighted by Gasteiger charge is 2.26. The SMILES string of the molecule is CCc1ccccc1NC(=O)C[NH+]1CC[NH+](CC(=O)NCc2cccc(Cl)c2)CC1. The molecule has 0 radical (unpaired) electrons. The molecule has 6 nitrogen and oxygen atoms in total. The summed E-state index contributed by atoms with van der Waals surface area (Å²) in [4.78, 5) is 27.2. The Morgan fingerprint density at radius 1 is 0.933 bits per heavy atom. The number of anilines is 1. The number of hydrogen-bond donors (Lipinski definition) is 4. The third kappa shape index (κ3) is 6.83. The van der Waals surface area contributed by atoms with Crippen LogP contribution in [0.5, 0.6) is 0 Å². The fourth-order valence-corrected chi connectivity index (χ4v) is 4.03. The third-order valence-corrected chi connectivity index (χ3v) is 5.77. The molecule has 0 spiro atoms. The van der Waals surface area contributed by atoms with Crippen LogP contribution in [0.25, 0.3) is 0 Å². The van der Waals surface area contributed by atoms with Gasteiger partial charge in [0.05, 0.1) is 0 Å². The molecule has 0 aliphatic carbocycles. The highest BCUT2D eigenvalue weighted by Crippen LogP contribution is 2.14. The first-order valence-corrected chi connectivity index (χ1v) is 11.0. The number of piperazine rings is 1. The largest absolute Gasteiger partial charge is 0.347 e. The van der Waals surface area contributed by atoms with Gasteiger partial charge < -0.3 is 20.4 Å². The molecule has 0 atom stereocenters. The van der Waals surface area contributed by atoms with Crippen molar-refractivity contribution in [3.63, 3.8) is 0 Å². The van der Waals surface area contributed by atoms with Crippen LogP contribution in [-0.2, 0) is 22.6 Å². The van der Waals surface area contributed by atoms with Gasteiger partial charge in [-0.2, -0.15) is 0 Å². The normalized spacial score (nSPS) is 18.6. The molecule has 0 aromatic heterocycles. The zero-order valence-corrected chi connectivity index (χ0v) is 18.2. The molecule has 2 aromatic rings. The minimum atomic E-state index is 0.0438. The molecule has 0 unspecified atom stereocenters. The first-order chi connectivity index (χ1) is 14.5. The minimum absolute atomic E-state index is 0.0438. The van der Waals surface area contributed by atoms with Gasteiger partial charge in [-0.1, -0.05) is 48.9 Å². The lowest BCUT2D eigenvalue weighted by Gasteiger charge is -2.29. The molecule has 1 aliphatic rings. The van der Waals surface area contributed by atoms with E-state index in [0.29, 0.717) is 24.7 Å². The van der Waals surface area contributed by atoms with E-state index in [-0.39, 0.29) is 11.8 Å². The number of amides is 2. The highest BCUT2D eigenvalue weighted by atomic mass is 35.5. The Balaban J connectivity index is 1.37. The van der Waals surface area contributed by atoms with E-state index in [1.807, 2.05) is 48.5 Å². The van der Waals surface area contributed by atoms with E-state index in [0.717, 1.165) is 49.4 Å². The number of aryl methyl sites for hydroxylation is 1. The summed E-state index contributed by atoms with van der Waals surface area (Å²) in [5.41, 5.74) is 3.06. The van der Waals surface area contributed by atoms with E-state index in [4.69, 9.17) is 11.6 Å². The highest BCUT2D eigenvalue weighted by molar-refractivity contribution is 6.30. The number of halogens is 1. The Kier molecular flexibility index (Phi) is 8.25. The van der Waals surface area contributed by atoms with Crippen molar-refractivity contribution < 1.29 is 19.4 Å². The second-order valence-electron chi connectivity index (χ2n) is 7.82. The van der Waals surface area contributed by atoms with Crippen molar-refractivity contribution in [2.75, 3.05) is 44.6 Å². The van der Waals surface area contributed by atoms with Crippen molar-refractivity contribution in [3.8, 4) is 0 Å². The van der Waals surface area contributed by atoms with Gasteiger partial charge in [0.2, 0.25) is 0 Å². The molecule has 3 rings (SSSR count). The van der Waals surface area contributed by atoms with Gasteiger partial charge in [-0.3, -0.25) is 9.59 Å². The Morgan fingerprint density at radius 2 is 1.60 bits per heavy atom. The number of benzene rings is 2. The van der Waals surface area contributed by atoms with E-state index >= 15 is 0 Å². The molecular formula is C23H31ClN4O2+2. The summed E-state index contributed by atoms with van der Waals surface area (Å²) in [5.74, 6) is 0.0935. The Labute approximate surface area is 183 Å². The van der Waals surface area contributed by atoms with Gasteiger partial charge in [0, 0.05) is 17.3 Å². The van der Waals surface area contributed by atoms with Gasteiger partial charge in [0.25, 0.3) is 11.8 Å². The van der Waals surface area contributed by atoms with Gasteiger partial charge in [-0.15, -0.1) is 0 Å². The summed E-state index contributed by atoms with van der Waals surface area (Å²) < 4.78 is 0. The Hall–Kier alpha value is -2.41. The average Bonchev–Trinajstić information content (AvgIpc) is 2.74. The maximum absolute atomic E-state index is 12.4. The van der Waals surface area contributed by atoms with E-state index in [9.17, 15) is 9.59 Å². The van der Waals surface area contributed by atoms with Crippen LogP contribution in [0, 0.1) is 0 Å². The van der Waals surface area contributed by atoms with Crippen LogP contribution in [0.1, 0.15) is 18.1 Å². The maximum Gasteiger partial charge on any atom is 0.279 e. The van der Waals surface area contributed by atoms with Gasteiger partial charge >= 0.3 is 0 Å². The molecule has 0 bridgehead atoms. The minimum Gasteiger partial charge on any atom is -0.347 e. The second-order valence-corrected chi connectivity index (χ2v) is 8.26. The molecule has 1 saturated heterocycles. The Morgan fingerprint density at radius 3 is 2.27 bits per heavy atom. The van der Waals surface area contributed by atoms with Gasteiger partial charge in [0.1, 0.15) is 26.2 Å². The van der Waals surface area contributed by atoms with Crippen LogP contribution >= 0.6 is 11.6 Å². The summed E-state index contributed by atoms with van der Waals surface area (Å²) in [6, 6.07) is 15.5. The first-order valence-electron chi connectivity index (χ1n) is 10.6. The molecule has 1 aliphatic heterocycles. The van der Waals surface area contributed by atoms with Crippen LogP contribution in [-0.4, -0.2) is 51.1 Å². The smallest absolute Gasteiger partial charge is 0.279 e. The van der Waals surface area contributed by atoms with Crippen LogP contribution < -0.4 is 20.4 Å². The molecule has 4 N–H and O–H groups in total. The zero-order chi connectivity index (χ0) is 21.3. The summed E-state index contributed by atoms with van der Waals surface area (Å²) in [5, 5.41) is 6.69. The van der Waals surface area contributed by atoms with Crippen molar-refractivity contribution in [2.45, 2.75) is 19.9 Å². The predicted molar refractivity (Wildman–Crippen MR) is 119 cm³/mol. The number of hydrogen-bond acceptors (Lipinski definition) is 2. The summed E-state index contributed by atoms with van der Waals surface area (Å²) in [6.45, 7) is 7.06. The lowest BCUT2D eigenvalue weighted by molar-refractivity contribution is -1.00. The van der Waals surface area contributed by atoms with Crippen LogP contribution in [0.3, 0.4) is 0 Å². The predicted octanol–water partition coefficient (Wildman–Crippen LogP) is -0.0593. The number of carbonyl (C=O) groups is 2. The van der Waals surface area contributed by atoms with Crippen molar-refractivity contribution in [2.24, 2.45) is 0 Å². The molecule has 160 valence electrons. The molecule has 2 amide bonds. The molecule has 1 heterocycles. The number of quaternary nitrogens is 2. The van der Waals surface area contributed by atoms with Crippen LogP contribution in [0.2, 0.25) is 5.02 Å². The summed E-state index contributed by atoms with van der Waals surface area (Å²) in [6.07, 6.45) is 0.894. The quantitative estimate of drug-likeness (QED) is 0.474. The number of rotatable bonds is 8. The lowest BCUT2D eigenvalue weighted by atomic mass is 10.1. The van der Waals surface area contributed by atoms with Crippen LogP contribution in [0.15, 0.2) is 48.5 Å². The van der Waals surface area contributed by atoms with E-state index in [2.05, 4.69) is 17.6 Å². The fourth-order valence-electron chi connectivity index (χ4n) is 3.82. The second kappa shape index (κ2) is 11.1. The third-order valence-electron chi connectivity index (χ3n) is 5.54. The number of carbonyl (C=O) groups excluding carboxylic acids is 2. The Bertz CT molecular complexity index is 866. The molecule has 2 aromatic carbocycles. The molecular weight excluding hydrogens is 400 g/mol. The van der Waals surface area contributed by atoms with Crippen molar-refractivity contribution >= 4 is 29.1 Å². The van der Waals surface area contributed by atoms with Crippen LogP contribution in [0.4, 0.5) is 5.69 Å². The van der Waals surface area contributed by atoms with E-state index in [1.54, 1.807) is 0 Å².